The Morgan fingerprint density at radius 1 is 1.41 bits per heavy atom. The molecule has 0 aromatic heterocycles. The number of rotatable bonds is 7. The molecule has 0 saturated heterocycles. The second-order valence-electron chi connectivity index (χ2n) is 5.82. The van der Waals surface area contributed by atoms with Gasteiger partial charge in [0.05, 0.1) is 18.9 Å². The monoisotopic (exact) mass is 393 g/mol. The Kier molecular flexibility index (Phi) is 6.30. The number of hydrogen-bond donors (Lipinski definition) is 2. The molecule has 8 nitrogen and oxygen atoms in total. The second kappa shape index (κ2) is 8.87. The van der Waals surface area contributed by atoms with Crippen molar-refractivity contribution in [1.82, 2.24) is 20.5 Å². The predicted molar refractivity (Wildman–Crippen MR) is 99.6 cm³/mol. The SMILES string of the molecule is COCCNC(=O)CSC1=NNC2C(=O)N(Cc3ccccc3F)C=CN12. The molecule has 2 aliphatic rings. The van der Waals surface area contributed by atoms with Crippen LogP contribution < -0.4 is 10.7 Å². The first-order valence-corrected chi connectivity index (χ1v) is 9.31. The maximum Gasteiger partial charge on any atom is 0.272 e. The average molecular weight is 393 g/mol. The van der Waals surface area contributed by atoms with Gasteiger partial charge in [-0.25, -0.2) is 4.39 Å². The van der Waals surface area contributed by atoms with E-state index in [1.165, 1.54) is 22.7 Å². The number of ether oxygens (including phenoxy) is 1. The molecule has 2 heterocycles. The summed E-state index contributed by atoms with van der Waals surface area (Å²) in [6.45, 7) is 1.02. The fourth-order valence-corrected chi connectivity index (χ4v) is 3.37. The summed E-state index contributed by atoms with van der Waals surface area (Å²) in [6.07, 6.45) is 2.59. The molecular weight excluding hydrogens is 373 g/mol. The van der Waals surface area contributed by atoms with Crippen LogP contribution in [0.15, 0.2) is 41.8 Å². The van der Waals surface area contributed by atoms with E-state index in [0.717, 1.165) is 0 Å². The Hall–Kier alpha value is -2.59. The van der Waals surface area contributed by atoms with E-state index < -0.39 is 6.17 Å². The first-order valence-electron chi connectivity index (χ1n) is 8.32. The third-order valence-electron chi connectivity index (χ3n) is 3.96. The van der Waals surface area contributed by atoms with E-state index in [0.29, 0.717) is 23.9 Å². The Labute approximate surface area is 160 Å². The molecule has 1 aromatic carbocycles. The highest BCUT2D eigenvalue weighted by Crippen LogP contribution is 2.23. The third-order valence-corrected chi connectivity index (χ3v) is 4.93. The smallest absolute Gasteiger partial charge is 0.272 e. The summed E-state index contributed by atoms with van der Waals surface area (Å²) in [6, 6.07) is 6.34. The zero-order valence-electron chi connectivity index (χ0n) is 14.7. The number of thioether (sulfide) groups is 1. The van der Waals surface area contributed by atoms with Gasteiger partial charge in [-0.15, -0.1) is 0 Å². The summed E-state index contributed by atoms with van der Waals surface area (Å²) in [4.78, 5) is 27.5. The van der Waals surface area contributed by atoms with Gasteiger partial charge >= 0.3 is 0 Å². The van der Waals surface area contributed by atoms with Gasteiger partial charge in [0.15, 0.2) is 5.17 Å². The minimum atomic E-state index is -0.694. The van der Waals surface area contributed by atoms with Crippen molar-refractivity contribution >= 4 is 28.7 Å². The number of carbonyl (C=O) groups is 2. The average Bonchev–Trinajstić information content (AvgIpc) is 3.08. The molecule has 1 unspecified atom stereocenters. The van der Waals surface area contributed by atoms with Gasteiger partial charge in [-0.2, -0.15) is 5.10 Å². The highest BCUT2D eigenvalue weighted by molar-refractivity contribution is 8.14. The van der Waals surface area contributed by atoms with Crippen LogP contribution in [0, 0.1) is 5.82 Å². The quantitative estimate of drug-likeness (QED) is 0.661. The number of nitrogens with one attached hydrogen (secondary N) is 2. The van der Waals surface area contributed by atoms with Gasteiger partial charge in [-0.3, -0.25) is 19.9 Å². The van der Waals surface area contributed by atoms with E-state index in [2.05, 4.69) is 15.8 Å². The Balaban J connectivity index is 1.56. The van der Waals surface area contributed by atoms with E-state index >= 15 is 0 Å². The molecule has 0 fully saturated rings. The van der Waals surface area contributed by atoms with Crippen LogP contribution in [-0.2, 0) is 20.9 Å². The summed E-state index contributed by atoms with van der Waals surface area (Å²) in [5.74, 6) is -0.567. The van der Waals surface area contributed by atoms with Crippen molar-refractivity contribution in [3.05, 3.63) is 48.0 Å². The number of hydrazone groups is 1. The highest BCUT2D eigenvalue weighted by atomic mass is 32.2. The van der Waals surface area contributed by atoms with Gasteiger partial charge in [0.1, 0.15) is 5.82 Å². The van der Waals surface area contributed by atoms with Crippen LogP contribution in [0.2, 0.25) is 0 Å². The van der Waals surface area contributed by atoms with Crippen molar-refractivity contribution in [2.45, 2.75) is 12.7 Å². The zero-order chi connectivity index (χ0) is 19.2. The van der Waals surface area contributed by atoms with E-state index in [9.17, 15) is 14.0 Å². The largest absolute Gasteiger partial charge is 0.383 e. The van der Waals surface area contributed by atoms with Gasteiger partial charge < -0.3 is 15.0 Å². The molecule has 2 aliphatic heterocycles. The van der Waals surface area contributed by atoms with Crippen molar-refractivity contribution in [3.8, 4) is 0 Å². The fraction of sp³-hybridized carbons (Fsp3) is 0.353. The lowest BCUT2D eigenvalue weighted by molar-refractivity contribution is -0.134. The van der Waals surface area contributed by atoms with Crippen LogP contribution in [-0.4, -0.2) is 59.0 Å². The predicted octanol–water partition coefficient (Wildman–Crippen LogP) is 0.637. The zero-order valence-corrected chi connectivity index (χ0v) is 15.5. The van der Waals surface area contributed by atoms with Gasteiger partial charge in [0.2, 0.25) is 12.1 Å². The standard InChI is InChI=1S/C17H20FN5O3S/c1-26-9-6-19-14(24)11-27-17-21-20-15-16(25)22(7-8-23(15)17)10-12-4-2-3-5-13(12)18/h2-5,7-8,15,20H,6,9-11H2,1H3,(H,19,24). The van der Waals surface area contributed by atoms with Gasteiger partial charge in [-0.1, -0.05) is 30.0 Å². The third kappa shape index (κ3) is 4.58. The minimum absolute atomic E-state index is 0.137. The molecule has 0 aliphatic carbocycles. The number of amidine groups is 1. The first-order chi connectivity index (χ1) is 13.1. The van der Waals surface area contributed by atoms with Crippen LogP contribution in [0.5, 0.6) is 0 Å². The Morgan fingerprint density at radius 2 is 2.22 bits per heavy atom. The lowest BCUT2D eigenvalue weighted by Crippen LogP contribution is -2.51. The minimum Gasteiger partial charge on any atom is -0.383 e. The summed E-state index contributed by atoms with van der Waals surface area (Å²) >= 11 is 1.22. The van der Waals surface area contributed by atoms with E-state index in [1.807, 2.05) is 0 Å². The molecule has 144 valence electrons. The Morgan fingerprint density at radius 3 is 3.00 bits per heavy atom. The van der Waals surface area contributed by atoms with Crippen molar-refractivity contribution in [2.24, 2.45) is 5.10 Å². The molecule has 2 N–H and O–H groups in total. The summed E-state index contributed by atoms with van der Waals surface area (Å²) in [7, 11) is 1.56. The highest BCUT2D eigenvalue weighted by Gasteiger charge is 2.38. The Bertz CT molecular complexity index is 773. The van der Waals surface area contributed by atoms with Crippen LogP contribution in [0.4, 0.5) is 4.39 Å². The number of halogens is 1. The maximum absolute atomic E-state index is 13.8. The van der Waals surface area contributed by atoms with Crippen molar-refractivity contribution in [3.63, 3.8) is 0 Å². The van der Waals surface area contributed by atoms with Gasteiger partial charge in [0.25, 0.3) is 5.91 Å². The van der Waals surface area contributed by atoms with Crippen molar-refractivity contribution < 1.29 is 18.7 Å². The number of nitrogens with zero attached hydrogens (tertiary/aromatic N) is 3. The fourth-order valence-electron chi connectivity index (χ4n) is 2.57. The molecule has 0 radical (unpaired) electrons. The van der Waals surface area contributed by atoms with E-state index in [-0.39, 0.29) is 29.9 Å². The van der Waals surface area contributed by atoms with Gasteiger partial charge in [0, 0.05) is 31.6 Å². The summed E-state index contributed by atoms with van der Waals surface area (Å²) in [5, 5.41) is 7.38. The van der Waals surface area contributed by atoms with Crippen LogP contribution in [0.3, 0.4) is 0 Å². The molecule has 0 bridgehead atoms. The number of methoxy groups -OCH3 is 1. The van der Waals surface area contributed by atoms with Crippen LogP contribution in [0.1, 0.15) is 5.56 Å². The number of hydrogen-bond acceptors (Lipinski definition) is 7. The van der Waals surface area contributed by atoms with Crippen LogP contribution >= 0.6 is 11.8 Å². The molecule has 2 amide bonds. The van der Waals surface area contributed by atoms with Gasteiger partial charge in [-0.05, 0) is 6.07 Å². The van der Waals surface area contributed by atoms with E-state index in [1.54, 1.807) is 42.6 Å². The summed E-state index contributed by atoms with van der Waals surface area (Å²) < 4.78 is 18.7. The van der Waals surface area contributed by atoms with Crippen molar-refractivity contribution in [2.75, 3.05) is 26.0 Å². The number of carbonyl (C=O) groups excluding carboxylic acids is 2. The lowest BCUT2D eigenvalue weighted by Gasteiger charge is -2.32. The molecule has 0 spiro atoms. The van der Waals surface area contributed by atoms with Crippen molar-refractivity contribution in [1.29, 1.82) is 0 Å². The molecule has 10 heteroatoms. The number of benzene rings is 1. The second-order valence-corrected chi connectivity index (χ2v) is 6.76. The topological polar surface area (TPSA) is 86.3 Å². The molecule has 3 rings (SSSR count). The lowest BCUT2D eigenvalue weighted by atomic mass is 10.2. The van der Waals surface area contributed by atoms with Crippen LogP contribution in [0.25, 0.3) is 0 Å². The van der Waals surface area contributed by atoms with E-state index in [4.69, 9.17) is 4.74 Å². The summed E-state index contributed by atoms with van der Waals surface area (Å²) in [5.41, 5.74) is 3.21. The molecule has 1 aromatic rings. The number of fused-ring (bicyclic) bond motifs is 1. The molecule has 1 atom stereocenters. The molecule has 27 heavy (non-hydrogen) atoms. The maximum atomic E-state index is 13.8. The molecular formula is C17H20FN5O3S. The molecule has 0 saturated carbocycles. The normalized spacial score (nSPS) is 18.2. The number of amides is 2. The first kappa shape index (κ1) is 19.2.